The Labute approximate surface area is 121 Å². The average Bonchev–Trinajstić information content (AvgIpc) is 2.47. The zero-order chi connectivity index (χ0) is 15.4. The Bertz CT molecular complexity index is 550. The molecule has 0 saturated carbocycles. The molecule has 6 nitrogen and oxygen atoms in total. The summed E-state index contributed by atoms with van der Waals surface area (Å²) < 4.78 is 18.8. The van der Waals surface area contributed by atoms with Crippen LogP contribution in [0.3, 0.4) is 0 Å². The van der Waals surface area contributed by atoms with Gasteiger partial charge in [-0.15, -0.1) is 0 Å². The second-order valence-electron chi connectivity index (χ2n) is 4.82. The second kappa shape index (κ2) is 6.51. The molecule has 114 valence electrons. The number of carbonyl (C=O) groups excluding carboxylic acids is 1. The van der Waals surface area contributed by atoms with Crippen molar-refractivity contribution in [2.75, 3.05) is 18.1 Å². The van der Waals surface area contributed by atoms with Crippen LogP contribution in [-0.4, -0.2) is 30.1 Å². The molecule has 0 radical (unpaired) electrons. The molecule has 7 heteroatoms. The van der Waals surface area contributed by atoms with E-state index in [1.807, 2.05) is 0 Å². The lowest BCUT2D eigenvalue weighted by Crippen LogP contribution is -2.46. The van der Waals surface area contributed by atoms with Gasteiger partial charge in [0.1, 0.15) is 11.7 Å². The van der Waals surface area contributed by atoms with Crippen LogP contribution in [0.25, 0.3) is 0 Å². The number of hydrogen-bond donors (Lipinski definition) is 0. The number of nitro benzene ring substituents is 1. The van der Waals surface area contributed by atoms with E-state index >= 15 is 0 Å². The van der Waals surface area contributed by atoms with Crippen LogP contribution in [0.15, 0.2) is 18.2 Å². The van der Waals surface area contributed by atoms with Crippen molar-refractivity contribution in [3.05, 3.63) is 34.1 Å². The molecule has 1 heterocycles. The van der Waals surface area contributed by atoms with Gasteiger partial charge in [-0.2, -0.15) is 4.39 Å². The molecular weight excluding hydrogens is 279 g/mol. The Morgan fingerprint density at radius 3 is 2.95 bits per heavy atom. The van der Waals surface area contributed by atoms with Crippen molar-refractivity contribution in [3.8, 4) is 0 Å². The minimum Gasteiger partial charge on any atom is -0.464 e. The van der Waals surface area contributed by atoms with Crippen LogP contribution in [0.1, 0.15) is 26.2 Å². The Hall–Kier alpha value is -2.18. The van der Waals surface area contributed by atoms with Gasteiger partial charge >= 0.3 is 11.7 Å². The first-order valence-electron chi connectivity index (χ1n) is 6.92. The summed E-state index contributed by atoms with van der Waals surface area (Å²) in [6, 6.07) is 3.33. The van der Waals surface area contributed by atoms with Gasteiger partial charge < -0.3 is 9.64 Å². The molecule has 1 unspecified atom stereocenters. The van der Waals surface area contributed by atoms with Gasteiger partial charge in [0.05, 0.1) is 11.5 Å². The summed E-state index contributed by atoms with van der Waals surface area (Å²) in [7, 11) is 0. The van der Waals surface area contributed by atoms with Crippen molar-refractivity contribution in [2.24, 2.45) is 0 Å². The number of para-hydroxylation sites is 1. The van der Waals surface area contributed by atoms with E-state index in [0.29, 0.717) is 13.0 Å². The fraction of sp³-hybridized carbons (Fsp3) is 0.500. The topological polar surface area (TPSA) is 72.7 Å². The molecule has 1 aromatic rings. The number of carbonyl (C=O) groups is 1. The van der Waals surface area contributed by atoms with E-state index in [1.54, 1.807) is 11.8 Å². The maximum atomic E-state index is 13.7. The van der Waals surface area contributed by atoms with Crippen LogP contribution in [0.5, 0.6) is 0 Å². The summed E-state index contributed by atoms with van der Waals surface area (Å²) in [4.78, 5) is 24.0. The van der Waals surface area contributed by atoms with Crippen molar-refractivity contribution in [3.63, 3.8) is 0 Å². The van der Waals surface area contributed by atoms with Crippen molar-refractivity contribution in [1.29, 1.82) is 0 Å². The quantitative estimate of drug-likeness (QED) is 0.485. The van der Waals surface area contributed by atoms with E-state index < -0.39 is 28.4 Å². The lowest BCUT2D eigenvalue weighted by molar-refractivity contribution is -0.386. The van der Waals surface area contributed by atoms with Gasteiger partial charge in [0.2, 0.25) is 5.82 Å². The molecule has 0 aromatic heterocycles. The van der Waals surface area contributed by atoms with Crippen LogP contribution < -0.4 is 4.90 Å². The van der Waals surface area contributed by atoms with E-state index in [-0.39, 0.29) is 12.3 Å². The van der Waals surface area contributed by atoms with Crippen LogP contribution in [0.2, 0.25) is 0 Å². The predicted octanol–water partition coefficient (Wildman–Crippen LogP) is 2.66. The molecule has 0 amide bonds. The van der Waals surface area contributed by atoms with Crippen molar-refractivity contribution >= 4 is 17.3 Å². The summed E-state index contributed by atoms with van der Waals surface area (Å²) in [5.74, 6) is -1.32. The molecule has 0 aliphatic carbocycles. The molecule has 0 N–H and O–H groups in total. The van der Waals surface area contributed by atoms with Crippen LogP contribution in [0, 0.1) is 15.9 Å². The highest BCUT2D eigenvalue weighted by molar-refractivity contribution is 5.82. The molecule has 1 fully saturated rings. The Kier molecular flexibility index (Phi) is 4.72. The van der Waals surface area contributed by atoms with E-state index in [4.69, 9.17) is 4.74 Å². The zero-order valence-electron chi connectivity index (χ0n) is 11.8. The van der Waals surface area contributed by atoms with Crippen LogP contribution in [0.4, 0.5) is 15.8 Å². The van der Waals surface area contributed by atoms with E-state index in [2.05, 4.69) is 0 Å². The fourth-order valence-electron chi connectivity index (χ4n) is 2.62. The normalized spacial score (nSPS) is 18.4. The third-order valence-corrected chi connectivity index (χ3v) is 3.52. The summed E-state index contributed by atoms with van der Waals surface area (Å²) in [5.41, 5.74) is -0.452. The fourth-order valence-corrected chi connectivity index (χ4v) is 2.62. The van der Waals surface area contributed by atoms with Crippen LogP contribution >= 0.6 is 0 Å². The number of halogens is 1. The first kappa shape index (κ1) is 15.2. The second-order valence-corrected chi connectivity index (χ2v) is 4.82. The SMILES string of the molecule is CCOC(=O)C1CCCCN1c1cccc(F)c1[N+](=O)[O-]. The number of nitro groups is 1. The largest absolute Gasteiger partial charge is 0.464 e. The van der Waals surface area contributed by atoms with Crippen molar-refractivity contribution in [2.45, 2.75) is 32.2 Å². The van der Waals surface area contributed by atoms with Gasteiger partial charge in [-0.05, 0) is 38.3 Å². The zero-order valence-corrected chi connectivity index (χ0v) is 11.8. The lowest BCUT2D eigenvalue weighted by atomic mass is 10.0. The highest BCUT2D eigenvalue weighted by atomic mass is 19.1. The minimum absolute atomic E-state index is 0.137. The van der Waals surface area contributed by atoms with Crippen molar-refractivity contribution in [1.82, 2.24) is 0 Å². The Morgan fingerprint density at radius 2 is 2.29 bits per heavy atom. The average molecular weight is 296 g/mol. The number of anilines is 1. The molecule has 1 aliphatic rings. The monoisotopic (exact) mass is 296 g/mol. The highest BCUT2D eigenvalue weighted by Gasteiger charge is 2.34. The van der Waals surface area contributed by atoms with Gasteiger partial charge in [-0.3, -0.25) is 10.1 Å². The minimum atomic E-state index is -0.898. The summed E-state index contributed by atoms with van der Waals surface area (Å²) in [5, 5.41) is 11.1. The lowest BCUT2D eigenvalue weighted by Gasteiger charge is -2.35. The smallest absolute Gasteiger partial charge is 0.328 e. The summed E-state index contributed by atoms with van der Waals surface area (Å²) >= 11 is 0. The van der Waals surface area contributed by atoms with E-state index in [1.165, 1.54) is 12.1 Å². The number of esters is 1. The predicted molar refractivity (Wildman–Crippen MR) is 74.7 cm³/mol. The number of hydrogen-bond acceptors (Lipinski definition) is 5. The van der Waals surface area contributed by atoms with Gasteiger partial charge in [0, 0.05) is 6.54 Å². The maximum Gasteiger partial charge on any atom is 0.328 e. The molecule has 2 rings (SSSR count). The number of ether oxygens (including phenoxy) is 1. The third-order valence-electron chi connectivity index (χ3n) is 3.52. The number of piperidine rings is 1. The van der Waals surface area contributed by atoms with Gasteiger partial charge in [-0.1, -0.05) is 6.07 Å². The summed E-state index contributed by atoms with van der Waals surface area (Å²) in [6.45, 7) is 2.41. The summed E-state index contributed by atoms with van der Waals surface area (Å²) in [6.07, 6.45) is 2.18. The molecule has 1 saturated heterocycles. The number of benzene rings is 1. The molecule has 1 aliphatic heterocycles. The van der Waals surface area contributed by atoms with Gasteiger partial charge in [0.15, 0.2) is 0 Å². The molecule has 21 heavy (non-hydrogen) atoms. The first-order valence-corrected chi connectivity index (χ1v) is 6.92. The maximum absolute atomic E-state index is 13.7. The Balaban J connectivity index is 2.40. The highest BCUT2D eigenvalue weighted by Crippen LogP contribution is 2.35. The molecule has 0 bridgehead atoms. The number of nitrogens with zero attached hydrogens (tertiary/aromatic N) is 2. The van der Waals surface area contributed by atoms with E-state index in [9.17, 15) is 19.3 Å². The molecule has 1 atom stereocenters. The first-order chi connectivity index (χ1) is 10.1. The molecule has 1 aromatic carbocycles. The number of rotatable bonds is 4. The van der Waals surface area contributed by atoms with E-state index in [0.717, 1.165) is 18.9 Å². The van der Waals surface area contributed by atoms with Gasteiger partial charge in [-0.25, -0.2) is 4.79 Å². The third kappa shape index (κ3) is 3.12. The Morgan fingerprint density at radius 1 is 1.52 bits per heavy atom. The van der Waals surface area contributed by atoms with Gasteiger partial charge in [0.25, 0.3) is 0 Å². The van der Waals surface area contributed by atoms with Crippen molar-refractivity contribution < 1.29 is 18.8 Å². The molecular formula is C14H17FN2O4. The van der Waals surface area contributed by atoms with Crippen LogP contribution in [-0.2, 0) is 9.53 Å². The standard InChI is InChI=1S/C14H17FN2O4/c1-2-21-14(18)12-7-3-4-9-16(12)11-8-5-6-10(15)13(11)17(19)20/h5-6,8,12H,2-4,7,9H2,1H3. The molecule has 0 spiro atoms.